The van der Waals surface area contributed by atoms with E-state index in [0.717, 1.165) is 38.5 Å². The number of carbonyl (C=O) groups excluding carboxylic acids is 1. The van der Waals surface area contributed by atoms with Crippen LogP contribution in [0.1, 0.15) is 70.0 Å². The third-order valence-electron chi connectivity index (χ3n) is 4.57. The van der Waals surface area contributed by atoms with E-state index < -0.39 is 5.60 Å². The van der Waals surface area contributed by atoms with Crippen molar-refractivity contribution in [3.8, 4) is 0 Å². The second-order valence-corrected chi connectivity index (χ2v) is 6.27. The number of carbonyl (C=O) groups is 1. The van der Waals surface area contributed by atoms with E-state index in [1.54, 1.807) is 0 Å². The van der Waals surface area contributed by atoms with Crippen LogP contribution in [0, 0.1) is 5.92 Å². The van der Waals surface area contributed by atoms with Crippen LogP contribution in [-0.2, 0) is 21.6 Å². The number of aromatic nitrogens is 2. The van der Waals surface area contributed by atoms with E-state index in [0.29, 0.717) is 18.3 Å². The molecule has 2 saturated carbocycles. The summed E-state index contributed by atoms with van der Waals surface area (Å²) in [5, 5.41) is 4.14. The molecule has 2 fully saturated rings. The third kappa shape index (κ3) is 3.34. The molecule has 5 nitrogen and oxygen atoms in total. The quantitative estimate of drug-likeness (QED) is 0.753. The minimum absolute atomic E-state index is 0.233. The Labute approximate surface area is 125 Å². The molecule has 0 aliphatic heterocycles. The highest BCUT2D eigenvalue weighted by Crippen LogP contribution is 2.38. The lowest BCUT2D eigenvalue weighted by molar-refractivity contribution is -0.119. The van der Waals surface area contributed by atoms with Crippen molar-refractivity contribution in [3.63, 3.8) is 0 Å². The van der Waals surface area contributed by atoms with Gasteiger partial charge in [0.2, 0.25) is 11.7 Å². The molecule has 0 unspecified atom stereocenters. The van der Waals surface area contributed by atoms with Crippen LogP contribution in [0.15, 0.2) is 4.52 Å². The first-order valence-electron chi connectivity index (χ1n) is 8.23. The predicted molar refractivity (Wildman–Crippen MR) is 76.7 cm³/mol. The predicted octanol–water partition coefficient (Wildman–Crippen LogP) is 3.18. The number of ketones is 1. The monoisotopic (exact) mass is 292 g/mol. The summed E-state index contributed by atoms with van der Waals surface area (Å²) in [7, 11) is 0. The maximum Gasteiger partial charge on any atom is 0.234 e. The van der Waals surface area contributed by atoms with Crippen LogP contribution in [0.3, 0.4) is 0 Å². The molecule has 1 heterocycles. The summed E-state index contributed by atoms with van der Waals surface area (Å²) in [6, 6.07) is 0. The standard InChI is InChI=1S/C16H24N2O3/c1-2-20-16(9-5-3-4-6-10-16)15-17-14(21-18-15)11-13(19)12-7-8-12/h12H,2-11H2,1H3. The molecule has 2 aliphatic carbocycles. The van der Waals surface area contributed by atoms with Crippen LogP contribution < -0.4 is 0 Å². The lowest BCUT2D eigenvalue weighted by atomic mass is 9.93. The van der Waals surface area contributed by atoms with E-state index in [-0.39, 0.29) is 18.1 Å². The van der Waals surface area contributed by atoms with Crippen molar-refractivity contribution in [3.05, 3.63) is 11.7 Å². The minimum atomic E-state index is -0.407. The van der Waals surface area contributed by atoms with Crippen LogP contribution in [0.25, 0.3) is 0 Å². The molecule has 0 amide bonds. The van der Waals surface area contributed by atoms with Gasteiger partial charge < -0.3 is 9.26 Å². The molecule has 0 saturated heterocycles. The van der Waals surface area contributed by atoms with Gasteiger partial charge in [0, 0.05) is 12.5 Å². The molecule has 2 aliphatic rings. The van der Waals surface area contributed by atoms with E-state index in [1.807, 2.05) is 6.92 Å². The highest BCUT2D eigenvalue weighted by molar-refractivity contribution is 5.84. The summed E-state index contributed by atoms with van der Waals surface area (Å²) < 4.78 is 11.4. The zero-order valence-electron chi connectivity index (χ0n) is 12.8. The van der Waals surface area contributed by atoms with Gasteiger partial charge >= 0.3 is 0 Å². The number of nitrogens with zero attached hydrogens (tertiary/aromatic N) is 2. The fourth-order valence-corrected chi connectivity index (χ4v) is 3.22. The molecule has 21 heavy (non-hydrogen) atoms. The van der Waals surface area contributed by atoms with Gasteiger partial charge in [-0.05, 0) is 32.6 Å². The summed E-state index contributed by atoms with van der Waals surface area (Å²) in [5.74, 6) is 1.56. The van der Waals surface area contributed by atoms with Gasteiger partial charge in [0.05, 0.1) is 6.42 Å². The highest BCUT2D eigenvalue weighted by Gasteiger charge is 2.39. The van der Waals surface area contributed by atoms with Crippen LogP contribution in [0.5, 0.6) is 0 Å². The fraction of sp³-hybridized carbons (Fsp3) is 0.812. The highest BCUT2D eigenvalue weighted by atomic mass is 16.5. The van der Waals surface area contributed by atoms with Crippen molar-refractivity contribution in [2.75, 3.05) is 6.61 Å². The van der Waals surface area contributed by atoms with Gasteiger partial charge in [-0.1, -0.05) is 30.8 Å². The summed E-state index contributed by atoms with van der Waals surface area (Å²) in [4.78, 5) is 16.4. The van der Waals surface area contributed by atoms with Gasteiger partial charge in [0.25, 0.3) is 0 Å². The van der Waals surface area contributed by atoms with Crippen LogP contribution in [0.4, 0.5) is 0 Å². The van der Waals surface area contributed by atoms with Gasteiger partial charge in [0.1, 0.15) is 11.4 Å². The van der Waals surface area contributed by atoms with E-state index >= 15 is 0 Å². The zero-order valence-corrected chi connectivity index (χ0v) is 12.8. The Balaban J connectivity index is 1.75. The van der Waals surface area contributed by atoms with Crippen molar-refractivity contribution in [1.82, 2.24) is 10.1 Å². The maximum absolute atomic E-state index is 11.9. The Hall–Kier alpha value is -1.23. The molecular weight excluding hydrogens is 268 g/mol. The van der Waals surface area contributed by atoms with Crippen molar-refractivity contribution in [2.24, 2.45) is 5.92 Å². The molecule has 0 atom stereocenters. The average Bonchev–Trinajstić information content (AvgIpc) is 3.26. The molecule has 1 aromatic heterocycles. The summed E-state index contributed by atoms with van der Waals surface area (Å²) in [6.07, 6.45) is 8.92. The van der Waals surface area contributed by atoms with Gasteiger partial charge in [-0.3, -0.25) is 4.79 Å². The summed E-state index contributed by atoms with van der Waals surface area (Å²) >= 11 is 0. The summed E-state index contributed by atoms with van der Waals surface area (Å²) in [5.41, 5.74) is -0.407. The molecule has 0 N–H and O–H groups in total. The largest absolute Gasteiger partial charge is 0.367 e. The normalized spacial score (nSPS) is 22.0. The second kappa shape index (κ2) is 6.26. The Kier molecular flexibility index (Phi) is 4.38. The smallest absolute Gasteiger partial charge is 0.234 e. The molecule has 116 valence electrons. The first-order valence-corrected chi connectivity index (χ1v) is 8.23. The molecule has 1 aromatic rings. The topological polar surface area (TPSA) is 65.2 Å². The number of hydrogen-bond acceptors (Lipinski definition) is 5. The van der Waals surface area contributed by atoms with Crippen molar-refractivity contribution >= 4 is 5.78 Å². The van der Waals surface area contributed by atoms with Crippen LogP contribution in [-0.4, -0.2) is 22.5 Å². The van der Waals surface area contributed by atoms with Crippen molar-refractivity contribution in [2.45, 2.75) is 70.3 Å². The Bertz CT molecular complexity index is 485. The second-order valence-electron chi connectivity index (χ2n) is 6.27. The maximum atomic E-state index is 11.9. The lowest BCUT2D eigenvalue weighted by Crippen LogP contribution is -2.30. The van der Waals surface area contributed by atoms with Crippen LogP contribution >= 0.6 is 0 Å². The number of Topliss-reactive ketones (excluding diaryl/α,β-unsaturated/α-hetero) is 1. The number of hydrogen-bond donors (Lipinski definition) is 0. The van der Waals surface area contributed by atoms with Gasteiger partial charge in [-0.2, -0.15) is 4.98 Å². The van der Waals surface area contributed by atoms with Gasteiger partial charge in [-0.25, -0.2) is 0 Å². The Morgan fingerprint density at radius 3 is 2.62 bits per heavy atom. The Morgan fingerprint density at radius 1 is 1.29 bits per heavy atom. The van der Waals surface area contributed by atoms with Gasteiger partial charge in [-0.15, -0.1) is 0 Å². The third-order valence-corrected chi connectivity index (χ3v) is 4.57. The first kappa shape index (κ1) is 14.7. The van der Waals surface area contributed by atoms with Gasteiger partial charge in [0.15, 0.2) is 0 Å². The molecule has 0 bridgehead atoms. The minimum Gasteiger partial charge on any atom is -0.367 e. The SMILES string of the molecule is CCOC1(c2noc(CC(=O)C3CC3)n2)CCCCCC1. The van der Waals surface area contributed by atoms with Crippen molar-refractivity contribution < 1.29 is 14.1 Å². The Morgan fingerprint density at radius 2 is 2.00 bits per heavy atom. The first-order chi connectivity index (χ1) is 10.2. The molecular formula is C16H24N2O3. The van der Waals surface area contributed by atoms with E-state index in [9.17, 15) is 4.79 Å². The zero-order chi connectivity index (χ0) is 14.7. The van der Waals surface area contributed by atoms with Crippen molar-refractivity contribution in [1.29, 1.82) is 0 Å². The lowest BCUT2D eigenvalue weighted by Gasteiger charge is -2.29. The molecule has 0 radical (unpaired) electrons. The van der Waals surface area contributed by atoms with E-state index in [4.69, 9.17) is 9.26 Å². The summed E-state index contributed by atoms with van der Waals surface area (Å²) in [6.45, 7) is 2.65. The fourth-order valence-electron chi connectivity index (χ4n) is 3.22. The average molecular weight is 292 g/mol. The van der Waals surface area contributed by atoms with E-state index in [1.165, 1.54) is 12.8 Å². The van der Waals surface area contributed by atoms with E-state index in [2.05, 4.69) is 10.1 Å². The number of ether oxygens (including phenoxy) is 1. The molecule has 3 rings (SSSR count). The molecule has 5 heteroatoms. The molecule has 0 aromatic carbocycles. The molecule has 0 spiro atoms. The number of rotatable bonds is 6. The van der Waals surface area contributed by atoms with Crippen LogP contribution in [0.2, 0.25) is 0 Å².